The molecule has 0 radical (unpaired) electrons. The van der Waals surface area contributed by atoms with Crippen LogP contribution >= 0.6 is 23.2 Å². The summed E-state index contributed by atoms with van der Waals surface area (Å²) in [5.74, 6) is -0.416. The lowest BCUT2D eigenvalue weighted by atomic mass is 10.2. The zero-order valence-corrected chi connectivity index (χ0v) is 13.0. The third-order valence-electron chi connectivity index (χ3n) is 2.52. The zero-order chi connectivity index (χ0) is 15.6. The van der Waals surface area contributed by atoms with Gasteiger partial charge in [-0.1, -0.05) is 23.2 Å². The minimum atomic E-state index is -3.31. The lowest BCUT2D eigenvalue weighted by molar-refractivity contribution is 0.102. The maximum Gasteiger partial charge on any atom is 0.256 e. The van der Waals surface area contributed by atoms with Crippen molar-refractivity contribution in [1.82, 2.24) is 9.97 Å². The minimum Gasteiger partial charge on any atom is -0.305 e. The maximum absolute atomic E-state index is 12.0. The molecule has 1 aromatic carbocycles. The van der Waals surface area contributed by atoms with Crippen molar-refractivity contribution in [2.24, 2.45) is 0 Å². The van der Waals surface area contributed by atoms with Crippen LogP contribution in [-0.2, 0) is 9.84 Å². The van der Waals surface area contributed by atoms with Crippen molar-refractivity contribution in [3.63, 3.8) is 0 Å². The van der Waals surface area contributed by atoms with Gasteiger partial charge >= 0.3 is 0 Å². The summed E-state index contributed by atoms with van der Waals surface area (Å²) in [4.78, 5) is 19.6. The van der Waals surface area contributed by atoms with Crippen molar-refractivity contribution in [3.8, 4) is 0 Å². The topological polar surface area (TPSA) is 89.0 Å². The first-order valence-corrected chi connectivity index (χ1v) is 8.21. The molecular formula is C12H9Cl2N3O3S. The summed E-state index contributed by atoms with van der Waals surface area (Å²) in [5, 5.41) is 2.52. The molecule has 110 valence electrons. The third-order valence-corrected chi connectivity index (χ3v) is 4.39. The molecule has 1 heterocycles. The summed E-state index contributed by atoms with van der Waals surface area (Å²) >= 11 is 11.6. The third kappa shape index (κ3) is 3.69. The second kappa shape index (κ2) is 5.97. The van der Waals surface area contributed by atoms with Gasteiger partial charge in [-0.25, -0.2) is 18.4 Å². The maximum atomic E-state index is 12.0. The smallest absolute Gasteiger partial charge is 0.256 e. The summed E-state index contributed by atoms with van der Waals surface area (Å²) in [7, 11) is -3.31. The fraction of sp³-hybridized carbons (Fsp3) is 0.0833. The molecule has 21 heavy (non-hydrogen) atoms. The molecule has 2 rings (SSSR count). The number of anilines is 1. The fourth-order valence-electron chi connectivity index (χ4n) is 1.47. The van der Waals surface area contributed by atoms with Gasteiger partial charge in [-0.3, -0.25) is 4.79 Å². The SMILES string of the molecule is CS(=O)(=O)c1ccc(C(=O)Nc2ncnc(Cl)c2Cl)cc1. The number of hydrogen-bond donors (Lipinski definition) is 1. The lowest BCUT2D eigenvalue weighted by Crippen LogP contribution is -2.13. The van der Waals surface area contributed by atoms with Crippen molar-refractivity contribution >= 4 is 44.8 Å². The Bertz CT molecular complexity index is 792. The standard InChI is InChI=1S/C12H9Cl2N3O3S/c1-21(19,20)8-4-2-7(3-5-8)12(18)17-11-9(13)10(14)15-6-16-11/h2-6H,1H3,(H,15,16,17,18). The number of halogens is 2. The molecule has 0 fully saturated rings. The first-order valence-electron chi connectivity index (χ1n) is 5.56. The molecule has 0 aliphatic rings. The van der Waals surface area contributed by atoms with Crippen molar-refractivity contribution < 1.29 is 13.2 Å². The van der Waals surface area contributed by atoms with Crippen LogP contribution < -0.4 is 5.32 Å². The van der Waals surface area contributed by atoms with E-state index < -0.39 is 15.7 Å². The van der Waals surface area contributed by atoms with Gasteiger partial charge in [0.1, 0.15) is 11.3 Å². The molecule has 0 unspecified atom stereocenters. The summed E-state index contributed by atoms with van der Waals surface area (Å²) < 4.78 is 22.7. The van der Waals surface area contributed by atoms with E-state index >= 15 is 0 Å². The van der Waals surface area contributed by atoms with Gasteiger partial charge < -0.3 is 5.32 Å². The van der Waals surface area contributed by atoms with E-state index in [-0.39, 0.29) is 26.5 Å². The highest BCUT2D eigenvalue weighted by Gasteiger charge is 2.13. The quantitative estimate of drug-likeness (QED) is 0.863. The van der Waals surface area contributed by atoms with Crippen LogP contribution in [0, 0.1) is 0 Å². The van der Waals surface area contributed by atoms with E-state index in [9.17, 15) is 13.2 Å². The van der Waals surface area contributed by atoms with Crippen LogP contribution in [-0.4, -0.2) is 30.5 Å². The van der Waals surface area contributed by atoms with Gasteiger partial charge in [-0.05, 0) is 24.3 Å². The monoisotopic (exact) mass is 345 g/mol. The Balaban J connectivity index is 2.23. The molecule has 1 aromatic heterocycles. The average Bonchev–Trinajstić information content (AvgIpc) is 2.43. The Morgan fingerprint density at radius 2 is 1.76 bits per heavy atom. The van der Waals surface area contributed by atoms with E-state index in [4.69, 9.17) is 23.2 Å². The van der Waals surface area contributed by atoms with Crippen molar-refractivity contribution in [1.29, 1.82) is 0 Å². The molecule has 1 N–H and O–H groups in total. The number of hydrogen-bond acceptors (Lipinski definition) is 5. The van der Waals surface area contributed by atoms with Gasteiger partial charge in [0.25, 0.3) is 5.91 Å². The Kier molecular flexibility index (Phi) is 4.46. The molecule has 0 spiro atoms. The van der Waals surface area contributed by atoms with Gasteiger partial charge in [0.15, 0.2) is 20.8 Å². The highest BCUT2D eigenvalue weighted by atomic mass is 35.5. The van der Waals surface area contributed by atoms with Crippen LogP contribution in [0.15, 0.2) is 35.5 Å². The number of amides is 1. The summed E-state index contributed by atoms with van der Waals surface area (Å²) in [6, 6.07) is 5.47. The van der Waals surface area contributed by atoms with Crippen LogP contribution in [0.3, 0.4) is 0 Å². The van der Waals surface area contributed by atoms with E-state index in [1.807, 2.05) is 0 Å². The second-order valence-electron chi connectivity index (χ2n) is 4.08. The average molecular weight is 346 g/mol. The molecule has 9 heteroatoms. The van der Waals surface area contributed by atoms with Crippen LogP contribution in [0.25, 0.3) is 0 Å². The van der Waals surface area contributed by atoms with E-state index in [2.05, 4.69) is 15.3 Å². The summed E-state index contributed by atoms with van der Waals surface area (Å²) in [5.41, 5.74) is 0.258. The predicted molar refractivity (Wildman–Crippen MR) is 79.6 cm³/mol. The number of aromatic nitrogens is 2. The number of nitrogens with zero attached hydrogens (tertiary/aromatic N) is 2. The molecular weight excluding hydrogens is 337 g/mol. The summed E-state index contributed by atoms with van der Waals surface area (Å²) in [6.07, 6.45) is 2.25. The van der Waals surface area contributed by atoms with E-state index in [1.165, 1.54) is 24.3 Å². The van der Waals surface area contributed by atoms with E-state index in [1.54, 1.807) is 0 Å². The number of nitrogens with one attached hydrogen (secondary N) is 1. The Morgan fingerprint density at radius 3 is 2.33 bits per heavy atom. The molecule has 2 aromatic rings. The zero-order valence-electron chi connectivity index (χ0n) is 10.7. The van der Waals surface area contributed by atoms with Gasteiger partial charge in [-0.15, -0.1) is 0 Å². The molecule has 0 bridgehead atoms. The predicted octanol–water partition coefficient (Wildman–Crippen LogP) is 2.44. The molecule has 1 amide bonds. The number of carbonyl (C=O) groups excluding carboxylic acids is 1. The van der Waals surface area contributed by atoms with Crippen LogP contribution in [0.5, 0.6) is 0 Å². The van der Waals surface area contributed by atoms with E-state index in [0.29, 0.717) is 0 Å². The first-order chi connectivity index (χ1) is 9.79. The van der Waals surface area contributed by atoms with Gasteiger partial charge in [0.05, 0.1) is 4.90 Å². The molecule has 0 saturated heterocycles. The van der Waals surface area contributed by atoms with Crippen LogP contribution in [0.4, 0.5) is 5.82 Å². The first kappa shape index (κ1) is 15.7. The van der Waals surface area contributed by atoms with E-state index in [0.717, 1.165) is 12.6 Å². The van der Waals surface area contributed by atoms with Crippen LogP contribution in [0.2, 0.25) is 10.2 Å². The number of rotatable bonds is 3. The van der Waals surface area contributed by atoms with Crippen molar-refractivity contribution in [2.75, 3.05) is 11.6 Å². The van der Waals surface area contributed by atoms with Gasteiger partial charge in [-0.2, -0.15) is 0 Å². The Morgan fingerprint density at radius 1 is 1.14 bits per heavy atom. The lowest BCUT2D eigenvalue weighted by Gasteiger charge is -2.07. The Hall–Kier alpha value is -1.70. The highest BCUT2D eigenvalue weighted by Crippen LogP contribution is 2.25. The number of benzene rings is 1. The fourth-order valence-corrected chi connectivity index (χ4v) is 2.38. The molecule has 0 aliphatic heterocycles. The Labute approximate surface area is 131 Å². The largest absolute Gasteiger partial charge is 0.305 e. The van der Waals surface area contributed by atoms with Crippen LogP contribution in [0.1, 0.15) is 10.4 Å². The van der Waals surface area contributed by atoms with Crippen molar-refractivity contribution in [3.05, 3.63) is 46.3 Å². The minimum absolute atomic E-state index is 0.0226. The molecule has 0 aliphatic carbocycles. The van der Waals surface area contributed by atoms with Gasteiger partial charge in [0.2, 0.25) is 0 Å². The van der Waals surface area contributed by atoms with Gasteiger partial charge in [0, 0.05) is 11.8 Å². The summed E-state index contributed by atoms with van der Waals surface area (Å²) in [6.45, 7) is 0. The van der Waals surface area contributed by atoms with Crippen molar-refractivity contribution in [2.45, 2.75) is 4.90 Å². The highest BCUT2D eigenvalue weighted by molar-refractivity contribution is 7.90. The second-order valence-corrected chi connectivity index (χ2v) is 6.83. The molecule has 6 nitrogen and oxygen atoms in total. The number of sulfone groups is 1. The normalized spacial score (nSPS) is 11.2. The number of carbonyl (C=O) groups is 1. The molecule has 0 atom stereocenters. The molecule has 0 saturated carbocycles.